The van der Waals surface area contributed by atoms with E-state index >= 15 is 0 Å². The van der Waals surface area contributed by atoms with Gasteiger partial charge in [-0.1, -0.05) is 18.2 Å². The van der Waals surface area contributed by atoms with Gasteiger partial charge in [-0.05, 0) is 25.5 Å². The number of aromatic nitrogens is 1. The molecule has 1 aromatic carbocycles. The van der Waals surface area contributed by atoms with Crippen LogP contribution in [-0.2, 0) is 11.2 Å². The van der Waals surface area contributed by atoms with Crippen molar-refractivity contribution in [2.45, 2.75) is 32.4 Å². The number of nitrogens with zero attached hydrogens (tertiary/aromatic N) is 1. The molecule has 0 saturated carbocycles. The summed E-state index contributed by atoms with van der Waals surface area (Å²) in [5, 5.41) is 6.16. The maximum atomic E-state index is 12.3. The molecule has 2 unspecified atom stereocenters. The Bertz CT molecular complexity index is 611. The molecule has 104 valence electrons. The van der Waals surface area contributed by atoms with Gasteiger partial charge >= 0.3 is 0 Å². The van der Waals surface area contributed by atoms with Gasteiger partial charge in [0.2, 0.25) is 11.8 Å². The lowest BCUT2D eigenvalue weighted by atomic mass is 10.1. The number of carbonyl (C=O) groups excluding carboxylic acids is 1. The van der Waals surface area contributed by atoms with Crippen molar-refractivity contribution >= 4 is 11.6 Å². The molecule has 5 nitrogen and oxygen atoms in total. The molecule has 5 heteroatoms. The fraction of sp³-hybridized carbons (Fsp3) is 0.333. The van der Waals surface area contributed by atoms with E-state index < -0.39 is 0 Å². The van der Waals surface area contributed by atoms with Gasteiger partial charge in [0.15, 0.2) is 0 Å². The van der Waals surface area contributed by atoms with E-state index in [0.29, 0.717) is 12.3 Å². The van der Waals surface area contributed by atoms with E-state index in [1.165, 1.54) is 5.56 Å². The summed E-state index contributed by atoms with van der Waals surface area (Å²) in [6.07, 6.45) is 2.36. The Morgan fingerprint density at radius 3 is 3.00 bits per heavy atom. The van der Waals surface area contributed by atoms with Crippen LogP contribution in [0.5, 0.6) is 0 Å². The molecule has 0 spiro atoms. The molecule has 20 heavy (non-hydrogen) atoms. The number of amides is 1. The molecule has 2 atom stereocenters. The van der Waals surface area contributed by atoms with Crippen molar-refractivity contribution in [3.05, 3.63) is 47.7 Å². The Kier molecular flexibility index (Phi) is 3.18. The van der Waals surface area contributed by atoms with Crippen LogP contribution in [0, 0.1) is 6.92 Å². The molecule has 2 aromatic rings. The minimum atomic E-state index is -0.235. The van der Waals surface area contributed by atoms with Crippen LogP contribution in [0.4, 0.5) is 5.69 Å². The van der Waals surface area contributed by atoms with Crippen LogP contribution in [0.25, 0.3) is 0 Å². The fourth-order valence-corrected chi connectivity index (χ4v) is 2.40. The molecule has 1 aliphatic rings. The largest absolute Gasteiger partial charge is 0.444 e. The van der Waals surface area contributed by atoms with Crippen LogP contribution in [0.1, 0.15) is 30.2 Å². The van der Waals surface area contributed by atoms with Gasteiger partial charge in [0.1, 0.15) is 17.8 Å². The van der Waals surface area contributed by atoms with Gasteiger partial charge in [-0.15, -0.1) is 0 Å². The Balaban J connectivity index is 1.64. The first-order chi connectivity index (χ1) is 9.63. The third-order valence-corrected chi connectivity index (χ3v) is 3.46. The Morgan fingerprint density at radius 1 is 1.50 bits per heavy atom. The normalized spacial score (nSPS) is 18.2. The second-order valence-corrected chi connectivity index (χ2v) is 5.10. The molecule has 2 heterocycles. The standard InChI is InChI=1S/C15H17N3O2/c1-9-8-16-15(20-9)10(2)17-14(19)13-7-11-5-3-4-6-12(11)18-13/h3-6,8,10,13,18H,7H2,1-2H3,(H,17,19). The molecule has 2 N–H and O–H groups in total. The van der Waals surface area contributed by atoms with Crippen LogP contribution in [0.2, 0.25) is 0 Å². The van der Waals surface area contributed by atoms with Crippen molar-refractivity contribution in [3.8, 4) is 0 Å². The first kappa shape index (κ1) is 12.7. The number of oxazole rings is 1. The fourth-order valence-electron chi connectivity index (χ4n) is 2.40. The molecular formula is C15H17N3O2. The molecule has 1 aromatic heterocycles. The Hall–Kier alpha value is -2.30. The van der Waals surface area contributed by atoms with Crippen molar-refractivity contribution in [1.82, 2.24) is 10.3 Å². The number of fused-ring (bicyclic) bond motifs is 1. The zero-order valence-corrected chi connectivity index (χ0v) is 11.5. The maximum Gasteiger partial charge on any atom is 0.243 e. The number of rotatable bonds is 3. The second kappa shape index (κ2) is 5.00. The number of para-hydroxylation sites is 1. The summed E-state index contributed by atoms with van der Waals surface area (Å²) in [6.45, 7) is 3.70. The summed E-state index contributed by atoms with van der Waals surface area (Å²) < 4.78 is 5.42. The summed E-state index contributed by atoms with van der Waals surface area (Å²) in [7, 11) is 0. The lowest BCUT2D eigenvalue weighted by Crippen LogP contribution is -2.39. The monoisotopic (exact) mass is 271 g/mol. The summed E-state index contributed by atoms with van der Waals surface area (Å²) in [5.41, 5.74) is 2.21. The SMILES string of the molecule is Cc1cnc(C(C)NC(=O)C2Cc3ccccc3N2)o1. The molecular weight excluding hydrogens is 254 g/mol. The Labute approximate surface area is 117 Å². The number of hydrogen-bond donors (Lipinski definition) is 2. The van der Waals surface area contributed by atoms with Crippen LogP contribution in [0.3, 0.4) is 0 Å². The zero-order valence-electron chi connectivity index (χ0n) is 11.5. The van der Waals surface area contributed by atoms with E-state index in [-0.39, 0.29) is 18.0 Å². The molecule has 0 saturated heterocycles. The number of hydrogen-bond acceptors (Lipinski definition) is 4. The highest BCUT2D eigenvalue weighted by Gasteiger charge is 2.27. The Morgan fingerprint density at radius 2 is 2.30 bits per heavy atom. The van der Waals surface area contributed by atoms with Gasteiger partial charge in [-0.25, -0.2) is 4.98 Å². The topological polar surface area (TPSA) is 67.2 Å². The number of carbonyl (C=O) groups is 1. The summed E-state index contributed by atoms with van der Waals surface area (Å²) in [6, 6.07) is 7.51. The molecule has 1 amide bonds. The highest BCUT2D eigenvalue weighted by molar-refractivity contribution is 5.87. The molecule has 1 aliphatic heterocycles. The number of benzene rings is 1. The first-order valence-corrected chi connectivity index (χ1v) is 6.70. The minimum Gasteiger partial charge on any atom is -0.444 e. The number of aryl methyl sites for hydroxylation is 1. The van der Waals surface area contributed by atoms with E-state index in [1.54, 1.807) is 6.20 Å². The van der Waals surface area contributed by atoms with Crippen LogP contribution >= 0.6 is 0 Å². The highest BCUT2D eigenvalue weighted by atomic mass is 16.4. The molecule has 0 fully saturated rings. The lowest BCUT2D eigenvalue weighted by Gasteiger charge is -2.15. The van der Waals surface area contributed by atoms with Crippen molar-refractivity contribution in [1.29, 1.82) is 0 Å². The third-order valence-electron chi connectivity index (χ3n) is 3.46. The minimum absolute atomic E-state index is 0.0375. The smallest absolute Gasteiger partial charge is 0.243 e. The van der Waals surface area contributed by atoms with Crippen LogP contribution < -0.4 is 10.6 Å². The second-order valence-electron chi connectivity index (χ2n) is 5.10. The van der Waals surface area contributed by atoms with Crippen molar-refractivity contribution in [2.24, 2.45) is 0 Å². The average Bonchev–Trinajstić information content (AvgIpc) is 3.04. The van der Waals surface area contributed by atoms with E-state index in [9.17, 15) is 4.79 Å². The molecule has 3 rings (SSSR count). The number of anilines is 1. The van der Waals surface area contributed by atoms with Crippen molar-refractivity contribution in [2.75, 3.05) is 5.32 Å². The van der Waals surface area contributed by atoms with Crippen LogP contribution in [-0.4, -0.2) is 16.9 Å². The zero-order chi connectivity index (χ0) is 14.1. The lowest BCUT2D eigenvalue weighted by molar-refractivity contribution is -0.122. The van der Waals surface area contributed by atoms with Crippen molar-refractivity contribution < 1.29 is 9.21 Å². The quantitative estimate of drug-likeness (QED) is 0.898. The van der Waals surface area contributed by atoms with Crippen LogP contribution in [0.15, 0.2) is 34.9 Å². The maximum absolute atomic E-state index is 12.3. The van der Waals surface area contributed by atoms with Gasteiger partial charge in [0.25, 0.3) is 0 Å². The highest BCUT2D eigenvalue weighted by Crippen LogP contribution is 2.25. The molecule has 0 aliphatic carbocycles. The summed E-state index contributed by atoms with van der Waals surface area (Å²) in [5.74, 6) is 1.24. The van der Waals surface area contributed by atoms with Gasteiger partial charge in [-0.2, -0.15) is 0 Å². The third kappa shape index (κ3) is 2.39. The molecule has 0 bridgehead atoms. The van der Waals surface area contributed by atoms with E-state index in [4.69, 9.17) is 4.42 Å². The van der Waals surface area contributed by atoms with Crippen molar-refractivity contribution in [3.63, 3.8) is 0 Å². The summed E-state index contributed by atoms with van der Waals surface area (Å²) >= 11 is 0. The van der Waals surface area contributed by atoms with Gasteiger partial charge in [0.05, 0.1) is 6.20 Å². The van der Waals surface area contributed by atoms with E-state index in [0.717, 1.165) is 11.4 Å². The van der Waals surface area contributed by atoms with E-state index in [2.05, 4.69) is 15.6 Å². The van der Waals surface area contributed by atoms with Gasteiger partial charge in [0, 0.05) is 12.1 Å². The first-order valence-electron chi connectivity index (χ1n) is 6.70. The predicted molar refractivity (Wildman–Crippen MR) is 75.4 cm³/mol. The van der Waals surface area contributed by atoms with Gasteiger partial charge < -0.3 is 15.1 Å². The predicted octanol–water partition coefficient (Wildman–Crippen LogP) is 2.20. The average molecular weight is 271 g/mol. The number of nitrogens with one attached hydrogen (secondary N) is 2. The summed E-state index contributed by atoms with van der Waals surface area (Å²) in [4.78, 5) is 16.4. The molecule has 0 radical (unpaired) electrons. The van der Waals surface area contributed by atoms with Gasteiger partial charge in [-0.3, -0.25) is 4.79 Å². The van der Waals surface area contributed by atoms with E-state index in [1.807, 2.05) is 38.1 Å².